The maximum Gasteiger partial charge on any atom is 0.166 e. The van der Waals surface area contributed by atoms with Crippen LogP contribution in [0, 0.1) is 23.7 Å². The smallest absolute Gasteiger partial charge is 0.166 e. The van der Waals surface area contributed by atoms with E-state index in [1.165, 1.54) is 22.3 Å². The quantitative estimate of drug-likeness (QED) is 0.0432. The first-order valence-electron chi connectivity index (χ1n) is 26.1. The number of ether oxygens (including phenoxy) is 2. The number of rotatable bonds is 17. The molecule has 9 rings (SSSR count). The van der Waals surface area contributed by atoms with Crippen molar-refractivity contribution in [1.82, 2.24) is 21.3 Å². The van der Waals surface area contributed by atoms with Crippen LogP contribution in [-0.4, -0.2) is 93.2 Å². The first-order chi connectivity index (χ1) is 37.6. The van der Waals surface area contributed by atoms with E-state index in [4.69, 9.17) is 62.1 Å². The van der Waals surface area contributed by atoms with Crippen LogP contribution in [0.3, 0.4) is 0 Å². The molecule has 0 amide bonds. The van der Waals surface area contributed by atoms with E-state index >= 15 is 0 Å². The van der Waals surface area contributed by atoms with Crippen LogP contribution in [0.4, 0.5) is 0 Å². The van der Waals surface area contributed by atoms with Gasteiger partial charge < -0.3 is 47.9 Å². The zero-order chi connectivity index (χ0) is 55.1. The van der Waals surface area contributed by atoms with Gasteiger partial charge in [-0.25, -0.2) is 0 Å². The lowest BCUT2D eigenvalue weighted by Crippen LogP contribution is -2.48. The molecular weight excluding hydrogens is 1070 g/mol. The molecule has 0 bridgehead atoms. The van der Waals surface area contributed by atoms with E-state index in [2.05, 4.69) is 159 Å². The van der Waals surface area contributed by atoms with Crippen molar-refractivity contribution in [3.05, 3.63) is 202 Å². The van der Waals surface area contributed by atoms with E-state index in [0.717, 1.165) is 105 Å². The minimum Gasteiger partial charge on any atom is -0.493 e. The van der Waals surface area contributed by atoms with Gasteiger partial charge in [0.25, 0.3) is 0 Å². The summed E-state index contributed by atoms with van der Waals surface area (Å²) in [6, 6.07) is 56.8. The van der Waals surface area contributed by atoms with Crippen molar-refractivity contribution >= 4 is 81.0 Å². The Balaban J connectivity index is 0.000000259. The Bertz CT molecular complexity index is 2570. The zero-order valence-electron chi connectivity index (χ0n) is 44.2. The molecule has 418 valence electrons. The van der Waals surface area contributed by atoms with Crippen molar-refractivity contribution in [2.75, 3.05) is 72.1 Å². The van der Waals surface area contributed by atoms with Gasteiger partial charge in [0.2, 0.25) is 0 Å². The number of nitrogens with two attached hydrogens (primary N) is 3. The summed E-state index contributed by atoms with van der Waals surface area (Å²) in [5.74, 6) is 6.06. The summed E-state index contributed by atoms with van der Waals surface area (Å²) in [4.78, 5) is 9.07. The Kier molecular flexibility index (Phi) is 35.2. The number of halogens is 2. The summed E-state index contributed by atoms with van der Waals surface area (Å²) in [7, 11) is 0. The summed E-state index contributed by atoms with van der Waals surface area (Å²) in [6.45, 7) is 10.9. The van der Waals surface area contributed by atoms with Gasteiger partial charge in [-0.1, -0.05) is 152 Å². The van der Waals surface area contributed by atoms with E-state index in [9.17, 15) is 0 Å². The number of thiocarbonyl (C=S) groups is 3. The lowest BCUT2D eigenvalue weighted by Gasteiger charge is -2.25. The second-order valence-corrected chi connectivity index (χ2v) is 20.4. The SMILES string of the molecule is C.CC1=NCC(Cc2ccccc2)CN1.Clc1ccc(OCCC2=NCC(Cc3ccccc3)CN2)cc1.NCC(CN)Cc1ccccc1.NCCOc1ccc(Cl)cc1.S=C1NCC(Cc2ccccc2)CN1.S=C=S. The molecule has 10 N–H and O–H groups in total. The molecule has 1 fully saturated rings. The Morgan fingerprint density at radius 1 is 0.538 bits per heavy atom. The monoisotopic (exact) mass is 1150 g/mol. The summed E-state index contributed by atoms with van der Waals surface area (Å²) >= 11 is 24.4. The Labute approximate surface area is 491 Å². The summed E-state index contributed by atoms with van der Waals surface area (Å²) < 4.78 is 12.8. The number of aliphatic imine (C=N–C) groups is 2. The summed E-state index contributed by atoms with van der Waals surface area (Å²) in [5, 5.41) is 15.3. The summed E-state index contributed by atoms with van der Waals surface area (Å²) in [6.07, 6.45) is 5.12. The number of nitrogens with one attached hydrogen (secondary N) is 4. The van der Waals surface area contributed by atoms with Crippen LogP contribution in [0.15, 0.2) is 180 Å². The topological polar surface area (TPSA) is 169 Å². The van der Waals surface area contributed by atoms with Crippen LogP contribution in [0.2, 0.25) is 10.0 Å². The molecule has 16 heteroatoms. The minimum absolute atomic E-state index is 0. The van der Waals surface area contributed by atoms with Crippen LogP contribution in [0.1, 0.15) is 43.0 Å². The molecule has 1 saturated heterocycles. The Morgan fingerprint density at radius 2 is 0.923 bits per heavy atom. The third-order valence-electron chi connectivity index (χ3n) is 12.2. The van der Waals surface area contributed by atoms with E-state index in [1.807, 2.05) is 65.8 Å². The highest BCUT2D eigenvalue weighted by Gasteiger charge is 2.17. The molecule has 0 saturated carbocycles. The fourth-order valence-corrected chi connectivity index (χ4v) is 8.47. The van der Waals surface area contributed by atoms with Gasteiger partial charge in [0.1, 0.15) is 18.1 Å². The molecule has 0 spiro atoms. The first-order valence-corrected chi connectivity index (χ1v) is 28.1. The molecule has 6 aromatic rings. The molecule has 3 heterocycles. The van der Waals surface area contributed by atoms with Crippen molar-refractivity contribution in [3.8, 4) is 11.5 Å². The number of hydrogen-bond acceptors (Lipinski definition) is 12. The maximum atomic E-state index is 5.85. The van der Waals surface area contributed by atoms with Crippen molar-refractivity contribution < 1.29 is 9.47 Å². The highest BCUT2D eigenvalue weighted by atomic mass is 35.5. The molecule has 0 aliphatic carbocycles. The largest absolute Gasteiger partial charge is 0.493 e. The van der Waals surface area contributed by atoms with Crippen LogP contribution in [-0.2, 0) is 25.7 Å². The predicted octanol–water partition coefficient (Wildman–Crippen LogP) is 11.3. The van der Waals surface area contributed by atoms with Gasteiger partial charge in [0, 0.05) is 66.6 Å². The van der Waals surface area contributed by atoms with Crippen molar-refractivity contribution in [2.24, 2.45) is 50.9 Å². The standard InChI is InChI=1S/C19H21ClN2O.C12H16N2.C11H14N2S.C10H16N2.C8H10ClNO.CS2.CH4/c20-17-6-8-18(9-7-17)23-11-10-19-21-13-16(14-22-19)12-15-4-2-1-3-5-15;1-10-13-8-12(9-14-10)7-11-5-3-2-4-6-11;14-11-12-7-10(8-13-11)6-9-4-2-1-3-5-9;11-7-10(8-12)6-9-4-2-1-3-5-9;9-7-1-3-8(4-2-7)11-6-5-10;2-1-3;/h1-9,16H,10-14H2,(H,21,22);2-6,12H,7-9H2,1H3,(H,13,14);1-5,10H,6-8H2,(H2,12,13,14);1-5,10H,6-8,11-12H2;1-4H,5-6,10H2;;1H4. The lowest BCUT2D eigenvalue weighted by molar-refractivity contribution is 0.326. The van der Waals surface area contributed by atoms with E-state index in [1.54, 1.807) is 12.1 Å². The molecule has 6 aromatic carbocycles. The first kappa shape index (κ1) is 66.5. The third kappa shape index (κ3) is 29.8. The molecule has 3 aliphatic heterocycles. The lowest BCUT2D eigenvalue weighted by atomic mass is 9.98. The Hall–Kier alpha value is -5.77. The van der Waals surface area contributed by atoms with Gasteiger partial charge in [-0.3, -0.25) is 9.98 Å². The van der Waals surface area contributed by atoms with Crippen molar-refractivity contribution in [3.63, 3.8) is 0 Å². The van der Waals surface area contributed by atoms with Crippen LogP contribution < -0.4 is 47.9 Å². The van der Waals surface area contributed by atoms with Gasteiger partial charge in [-0.05, 0) is 177 Å². The van der Waals surface area contributed by atoms with Gasteiger partial charge >= 0.3 is 0 Å². The normalized spacial score (nSPS) is 15.1. The van der Waals surface area contributed by atoms with Gasteiger partial charge in [0.05, 0.1) is 18.3 Å². The molecule has 0 radical (unpaired) electrons. The molecule has 78 heavy (non-hydrogen) atoms. The zero-order valence-corrected chi connectivity index (χ0v) is 48.2. The van der Waals surface area contributed by atoms with Gasteiger partial charge in [0.15, 0.2) is 5.11 Å². The number of hydrogen-bond donors (Lipinski definition) is 7. The van der Waals surface area contributed by atoms with E-state index in [-0.39, 0.29) is 7.43 Å². The third-order valence-corrected chi connectivity index (χ3v) is 13.0. The number of benzene rings is 6. The molecule has 0 aromatic heterocycles. The second-order valence-electron chi connectivity index (χ2n) is 18.5. The van der Waals surface area contributed by atoms with Crippen LogP contribution >= 0.6 is 59.9 Å². The van der Waals surface area contributed by atoms with Crippen molar-refractivity contribution in [2.45, 2.75) is 46.5 Å². The predicted molar refractivity (Wildman–Crippen MR) is 342 cm³/mol. The van der Waals surface area contributed by atoms with E-state index < -0.39 is 0 Å². The molecule has 2 atom stereocenters. The Morgan fingerprint density at radius 3 is 1.31 bits per heavy atom. The average molecular weight is 1150 g/mol. The molecule has 11 nitrogen and oxygen atoms in total. The van der Waals surface area contributed by atoms with E-state index in [0.29, 0.717) is 61.5 Å². The molecule has 2 unspecified atom stereocenters. The highest BCUT2D eigenvalue weighted by Crippen LogP contribution is 2.18. The summed E-state index contributed by atoms with van der Waals surface area (Å²) in [5.41, 5.74) is 21.9. The fraction of sp³-hybridized carbons (Fsp3) is 0.355. The average Bonchev–Trinajstić information content (AvgIpc) is 3.46. The van der Waals surface area contributed by atoms with Crippen LogP contribution in [0.25, 0.3) is 0 Å². The highest BCUT2D eigenvalue weighted by molar-refractivity contribution is 7.93. The van der Waals surface area contributed by atoms with Crippen LogP contribution in [0.5, 0.6) is 11.5 Å². The second kappa shape index (κ2) is 41.3. The molecule has 3 aliphatic rings. The number of amidine groups is 2. The maximum absolute atomic E-state index is 5.85. The van der Waals surface area contributed by atoms with Gasteiger partial charge in [-0.15, -0.1) is 0 Å². The minimum atomic E-state index is 0. The number of nitrogens with zero attached hydrogens (tertiary/aromatic N) is 2. The fourth-order valence-electron chi connectivity index (χ4n) is 8.05. The van der Waals surface area contributed by atoms with Crippen molar-refractivity contribution in [1.29, 1.82) is 0 Å². The molecular formula is C62H81Cl2N9O2S3. The van der Waals surface area contributed by atoms with Gasteiger partial charge in [-0.2, -0.15) is 0 Å².